The summed E-state index contributed by atoms with van der Waals surface area (Å²) >= 11 is 5.19. The number of carbonyl (C=O) groups excluding carboxylic acids is 1. The highest BCUT2D eigenvalue weighted by Crippen LogP contribution is 2.23. The maximum atomic E-state index is 14.6. The number of hydrazine groups is 1. The first-order valence-electron chi connectivity index (χ1n) is 10.1. The monoisotopic (exact) mass is 458 g/mol. The lowest BCUT2D eigenvalue weighted by atomic mass is 10.2. The fourth-order valence-corrected chi connectivity index (χ4v) is 3.25. The van der Waals surface area contributed by atoms with Gasteiger partial charge in [0.15, 0.2) is 5.11 Å². The van der Waals surface area contributed by atoms with Gasteiger partial charge in [0.2, 0.25) is 0 Å². The number of anilines is 2. The summed E-state index contributed by atoms with van der Waals surface area (Å²) in [4.78, 5) is 14.1. The number of benzene rings is 2. The lowest BCUT2D eigenvalue weighted by Gasteiger charge is -2.29. The zero-order valence-electron chi connectivity index (χ0n) is 17.8. The number of rotatable bonds is 7. The minimum atomic E-state index is -0.309. The minimum absolute atomic E-state index is 0.174. The van der Waals surface area contributed by atoms with Crippen molar-refractivity contribution in [1.82, 2.24) is 15.6 Å². The summed E-state index contributed by atoms with van der Waals surface area (Å²) in [6.07, 6.45) is 1.65. The van der Waals surface area contributed by atoms with Gasteiger partial charge in [-0.1, -0.05) is 18.2 Å². The van der Waals surface area contributed by atoms with Crippen LogP contribution >= 0.6 is 12.2 Å². The van der Waals surface area contributed by atoms with E-state index in [1.165, 1.54) is 11.1 Å². The van der Waals surface area contributed by atoms with Crippen LogP contribution in [0.25, 0.3) is 0 Å². The van der Waals surface area contributed by atoms with Crippen molar-refractivity contribution in [3.63, 3.8) is 0 Å². The molecule has 0 bridgehead atoms. The molecule has 10 heteroatoms. The summed E-state index contributed by atoms with van der Waals surface area (Å²) in [7, 11) is 1.67. The maximum Gasteiger partial charge on any atom is 0.257 e. The Kier molecular flexibility index (Phi) is 8.37. The number of ether oxygens (including phenoxy) is 1. The Labute approximate surface area is 192 Å². The van der Waals surface area contributed by atoms with Gasteiger partial charge in [0.1, 0.15) is 5.82 Å². The van der Waals surface area contributed by atoms with Crippen molar-refractivity contribution in [2.45, 2.75) is 0 Å². The highest BCUT2D eigenvalue weighted by molar-refractivity contribution is 7.80. The Morgan fingerprint density at radius 2 is 1.97 bits per heavy atom. The molecule has 0 radical (unpaired) electrons. The third-order valence-corrected chi connectivity index (χ3v) is 5.10. The quantitative estimate of drug-likeness (QED) is 0.285. The zero-order chi connectivity index (χ0) is 22.9. The summed E-state index contributed by atoms with van der Waals surface area (Å²) in [6, 6.07) is 13.8. The Bertz CT molecular complexity index is 964. The molecule has 1 heterocycles. The molecule has 0 atom stereocenters. The molecule has 1 fully saturated rings. The van der Waals surface area contributed by atoms with Crippen LogP contribution in [0.1, 0.15) is 10.4 Å². The van der Waals surface area contributed by atoms with Crippen LogP contribution in [0.15, 0.2) is 60.4 Å². The average molecular weight is 459 g/mol. The van der Waals surface area contributed by atoms with Crippen molar-refractivity contribution in [2.75, 3.05) is 50.1 Å². The molecule has 1 amide bonds. The van der Waals surface area contributed by atoms with Crippen molar-refractivity contribution in [3.8, 4) is 0 Å². The number of nitrogens with zero attached hydrogens (tertiary/aromatic N) is 2. The number of hydrogen-bond acceptors (Lipinski definition) is 7. The predicted octanol–water partition coefficient (Wildman–Crippen LogP) is 2.03. The van der Waals surface area contributed by atoms with Crippen molar-refractivity contribution < 1.29 is 13.9 Å². The lowest BCUT2D eigenvalue weighted by Crippen LogP contribution is -2.42. The van der Waals surface area contributed by atoms with E-state index >= 15 is 0 Å². The van der Waals surface area contributed by atoms with Crippen molar-refractivity contribution in [2.24, 2.45) is 5.84 Å². The molecule has 8 nitrogen and oxygen atoms in total. The minimum Gasteiger partial charge on any atom is -0.378 e. The standard InChI is InChI=1S/C22H27FN6O2S/c1-28(24)18(15-26-22(32)27-21(30)16-5-3-2-4-6-16)14-25-17-7-8-20(19(23)13-17)29-9-11-31-12-10-29/h2-8,13-14,25H,9-12,15,24H2,1H3,(H2,26,27,30,32)/b18-14-. The Morgan fingerprint density at radius 3 is 2.62 bits per heavy atom. The van der Waals surface area contributed by atoms with E-state index in [9.17, 15) is 9.18 Å². The van der Waals surface area contributed by atoms with Gasteiger partial charge >= 0.3 is 0 Å². The van der Waals surface area contributed by atoms with Crippen LogP contribution < -0.4 is 26.7 Å². The third kappa shape index (κ3) is 6.64. The van der Waals surface area contributed by atoms with Crippen LogP contribution in [-0.2, 0) is 4.74 Å². The molecular weight excluding hydrogens is 431 g/mol. The molecule has 2 aromatic carbocycles. The average Bonchev–Trinajstić information content (AvgIpc) is 2.80. The van der Waals surface area contributed by atoms with E-state index in [0.29, 0.717) is 48.9 Å². The van der Waals surface area contributed by atoms with Crippen LogP contribution in [0.3, 0.4) is 0 Å². The molecule has 3 rings (SSSR count). The second kappa shape index (κ2) is 11.4. The number of carbonyl (C=O) groups is 1. The van der Waals surface area contributed by atoms with E-state index in [1.54, 1.807) is 49.6 Å². The van der Waals surface area contributed by atoms with Gasteiger partial charge in [0.25, 0.3) is 5.91 Å². The number of thiocarbonyl (C=S) groups is 1. The number of morpholine rings is 1. The molecule has 0 saturated carbocycles. The molecule has 1 aliphatic heterocycles. The lowest BCUT2D eigenvalue weighted by molar-refractivity contribution is 0.0976. The molecule has 0 spiro atoms. The van der Waals surface area contributed by atoms with Gasteiger partial charge in [0, 0.05) is 37.6 Å². The fraction of sp³-hybridized carbons (Fsp3) is 0.273. The molecule has 0 aromatic heterocycles. The summed E-state index contributed by atoms with van der Waals surface area (Å²) in [6.45, 7) is 2.77. The Hall–Kier alpha value is -3.21. The van der Waals surface area contributed by atoms with E-state index in [1.807, 2.05) is 11.0 Å². The first kappa shape index (κ1) is 23.5. The molecule has 5 N–H and O–H groups in total. The van der Waals surface area contributed by atoms with E-state index in [2.05, 4.69) is 16.0 Å². The summed E-state index contributed by atoms with van der Waals surface area (Å²) in [5, 5.41) is 10.2. The smallest absolute Gasteiger partial charge is 0.257 e. The third-order valence-electron chi connectivity index (χ3n) is 4.85. The van der Waals surface area contributed by atoms with E-state index in [-0.39, 0.29) is 23.4 Å². The number of halogens is 1. The van der Waals surface area contributed by atoms with Gasteiger partial charge in [0.05, 0.1) is 31.1 Å². The van der Waals surface area contributed by atoms with Gasteiger partial charge < -0.3 is 25.3 Å². The van der Waals surface area contributed by atoms with E-state index in [4.69, 9.17) is 22.8 Å². The fourth-order valence-electron chi connectivity index (χ4n) is 3.08. The molecule has 32 heavy (non-hydrogen) atoms. The van der Waals surface area contributed by atoms with Gasteiger partial charge in [-0.05, 0) is 42.5 Å². The van der Waals surface area contributed by atoms with Gasteiger partial charge in [-0.2, -0.15) is 0 Å². The van der Waals surface area contributed by atoms with Crippen LogP contribution in [0.5, 0.6) is 0 Å². The first-order chi connectivity index (χ1) is 15.4. The summed E-state index contributed by atoms with van der Waals surface area (Å²) in [5.41, 5.74) is 2.28. The van der Waals surface area contributed by atoms with Gasteiger partial charge in [-0.15, -0.1) is 0 Å². The summed E-state index contributed by atoms with van der Waals surface area (Å²) in [5.74, 6) is 5.28. The van der Waals surface area contributed by atoms with Crippen molar-refractivity contribution in [3.05, 3.63) is 71.8 Å². The second-order valence-corrected chi connectivity index (χ2v) is 7.57. The van der Waals surface area contributed by atoms with E-state index < -0.39 is 0 Å². The molecule has 2 aromatic rings. The summed E-state index contributed by atoms with van der Waals surface area (Å²) < 4.78 is 19.9. The largest absolute Gasteiger partial charge is 0.378 e. The molecule has 1 aliphatic rings. The highest BCUT2D eigenvalue weighted by atomic mass is 32.1. The molecule has 0 unspecified atom stereocenters. The van der Waals surface area contributed by atoms with Crippen LogP contribution in [0, 0.1) is 5.82 Å². The van der Waals surface area contributed by atoms with Crippen LogP contribution in [-0.4, -0.2) is 55.9 Å². The predicted molar refractivity (Wildman–Crippen MR) is 128 cm³/mol. The Balaban J connectivity index is 1.56. The number of amides is 1. The van der Waals surface area contributed by atoms with Crippen LogP contribution in [0.4, 0.5) is 15.8 Å². The van der Waals surface area contributed by atoms with Crippen molar-refractivity contribution >= 4 is 34.6 Å². The SMILES string of the molecule is CN(N)/C(=C\Nc1ccc(N2CCOCC2)c(F)c1)CNC(=S)NC(=O)c1ccccc1. The number of nitrogens with one attached hydrogen (secondary N) is 3. The highest BCUT2D eigenvalue weighted by Gasteiger charge is 2.15. The van der Waals surface area contributed by atoms with Gasteiger partial charge in [-0.3, -0.25) is 10.1 Å². The molecular formula is C22H27FN6O2S. The Morgan fingerprint density at radius 1 is 1.25 bits per heavy atom. The number of nitrogens with two attached hydrogens (primary N) is 1. The molecule has 0 aliphatic carbocycles. The van der Waals surface area contributed by atoms with Crippen molar-refractivity contribution in [1.29, 1.82) is 0 Å². The number of hydrogen-bond donors (Lipinski definition) is 4. The van der Waals surface area contributed by atoms with Crippen LogP contribution in [0.2, 0.25) is 0 Å². The van der Waals surface area contributed by atoms with Gasteiger partial charge in [-0.25, -0.2) is 10.2 Å². The number of likely N-dealkylation sites (N-methyl/N-ethyl adjacent to an activating group) is 1. The second-order valence-electron chi connectivity index (χ2n) is 7.16. The first-order valence-corrected chi connectivity index (χ1v) is 10.6. The topological polar surface area (TPSA) is 94.9 Å². The van der Waals surface area contributed by atoms with E-state index in [0.717, 1.165) is 0 Å². The maximum absolute atomic E-state index is 14.6. The normalized spacial score (nSPS) is 14.0. The zero-order valence-corrected chi connectivity index (χ0v) is 18.6. The molecule has 1 saturated heterocycles. The molecule has 170 valence electrons.